The average Bonchev–Trinajstić information content (AvgIpc) is 2.47. The maximum absolute atomic E-state index is 9.64. The first kappa shape index (κ1) is 13.6. The van der Waals surface area contributed by atoms with Crippen LogP contribution in [0.25, 0.3) is 0 Å². The Morgan fingerprint density at radius 2 is 1.74 bits per heavy atom. The van der Waals surface area contributed by atoms with E-state index < -0.39 is 5.41 Å². The molecule has 0 bridgehead atoms. The van der Waals surface area contributed by atoms with Gasteiger partial charge in [0, 0.05) is 6.42 Å². The van der Waals surface area contributed by atoms with Gasteiger partial charge < -0.3 is 0 Å². The molecule has 19 heavy (non-hydrogen) atoms. The summed E-state index contributed by atoms with van der Waals surface area (Å²) in [5, 5.41) is 19.3. The summed E-state index contributed by atoms with van der Waals surface area (Å²) in [6.45, 7) is 2.19. The Bertz CT molecular complexity index is 478. The molecule has 2 atom stereocenters. The molecule has 1 aliphatic rings. The van der Waals surface area contributed by atoms with E-state index in [1.54, 1.807) is 0 Å². The number of benzene rings is 1. The quantitative estimate of drug-likeness (QED) is 0.813. The molecule has 0 N–H and O–H groups in total. The van der Waals surface area contributed by atoms with Gasteiger partial charge in [-0.3, -0.25) is 0 Å². The fraction of sp³-hybridized carbons (Fsp3) is 0.529. The van der Waals surface area contributed by atoms with Crippen LogP contribution in [0, 0.1) is 39.9 Å². The Balaban J connectivity index is 2.28. The molecule has 0 heterocycles. The van der Waals surface area contributed by atoms with Crippen LogP contribution >= 0.6 is 0 Å². The normalized spacial score (nSPS) is 23.3. The highest BCUT2D eigenvalue weighted by atomic mass is 14.5. The van der Waals surface area contributed by atoms with Crippen molar-refractivity contribution < 1.29 is 0 Å². The van der Waals surface area contributed by atoms with Gasteiger partial charge in [-0.05, 0) is 23.8 Å². The molecule has 0 aromatic heterocycles. The average molecular weight is 252 g/mol. The minimum atomic E-state index is -0.860. The van der Waals surface area contributed by atoms with E-state index in [2.05, 4.69) is 19.1 Å². The van der Waals surface area contributed by atoms with Crippen molar-refractivity contribution in [2.75, 3.05) is 0 Å². The molecule has 1 aromatic rings. The van der Waals surface area contributed by atoms with Crippen molar-refractivity contribution in [3.63, 3.8) is 0 Å². The molecule has 0 aliphatic heterocycles. The van der Waals surface area contributed by atoms with Crippen LogP contribution in [0.2, 0.25) is 0 Å². The van der Waals surface area contributed by atoms with Gasteiger partial charge in [0.05, 0.1) is 12.1 Å². The molecule has 0 radical (unpaired) electrons. The van der Waals surface area contributed by atoms with Crippen LogP contribution in [0.15, 0.2) is 30.3 Å². The monoisotopic (exact) mass is 252 g/mol. The first-order chi connectivity index (χ1) is 9.22. The molecule has 2 heteroatoms. The SMILES string of the molecule is C[C@H]1CCCC[C@H]1C(C#N)(C#N)Cc1ccccc1. The van der Waals surface area contributed by atoms with Gasteiger partial charge in [-0.1, -0.05) is 56.5 Å². The third kappa shape index (κ3) is 2.79. The Hall–Kier alpha value is -1.80. The first-order valence-electron chi connectivity index (χ1n) is 7.08. The maximum Gasteiger partial charge on any atom is 0.150 e. The minimum absolute atomic E-state index is 0.205. The number of rotatable bonds is 3. The summed E-state index contributed by atoms with van der Waals surface area (Å²) >= 11 is 0. The molecule has 0 spiro atoms. The maximum atomic E-state index is 9.64. The lowest BCUT2D eigenvalue weighted by molar-refractivity contribution is 0.160. The molecule has 98 valence electrons. The fourth-order valence-electron chi connectivity index (χ4n) is 3.37. The van der Waals surface area contributed by atoms with Gasteiger partial charge in [0.1, 0.15) is 0 Å². The molecular weight excluding hydrogens is 232 g/mol. The summed E-state index contributed by atoms with van der Waals surface area (Å²) in [6, 6.07) is 14.6. The largest absolute Gasteiger partial charge is 0.197 e. The predicted molar refractivity (Wildman–Crippen MR) is 74.9 cm³/mol. The van der Waals surface area contributed by atoms with E-state index in [0.717, 1.165) is 24.8 Å². The highest BCUT2D eigenvalue weighted by Crippen LogP contribution is 2.43. The van der Waals surface area contributed by atoms with Gasteiger partial charge in [-0.25, -0.2) is 0 Å². The van der Waals surface area contributed by atoms with Crippen LogP contribution in [0.5, 0.6) is 0 Å². The molecule has 0 unspecified atom stereocenters. The Morgan fingerprint density at radius 3 is 2.32 bits per heavy atom. The van der Waals surface area contributed by atoms with Crippen molar-refractivity contribution in [2.45, 2.75) is 39.0 Å². The number of nitriles is 2. The van der Waals surface area contributed by atoms with Crippen LogP contribution in [-0.2, 0) is 6.42 Å². The van der Waals surface area contributed by atoms with Gasteiger partial charge in [-0.15, -0.1) is 0 Å². The van der Waals surface area contributed by atoms with Crippen molar-refractivity contribution in [1.29, 1.82) is 10.5 Å². The van der Waals surface area contributed by atoms with Gasteiger partial charge in [0.2, 0.25) is 0 Å². The smallest absolute Gasteiger partial charge is 0.150 e. The highest BCUT2D eigenvalue weighted by molar-refractivity contribution is 5.26. The molecule has 1 aliphatic carbocycles. The lowest BCUT2D eigenvalue weighted by atomic mass is 9.63. The second-order valence-electron chi connectivity index (χ2n) is 5.73. The highest BCUT2D eigenvalue weighted by Gasteiger charge is 2.43. The van der Waals surface area contributed by atoms with E-state index in [0.29, 0.717) is 12.3 Å². The van der Waals surface area contributed by atoms with Crippen LogP contribution < -0.4 is 0 Å². The van der Waals surface area contributed by atoms with Crippen LogP contribution in [0.1, 0.15) is 38.2 Å². The molecular formula is C17H20N2. The van der Waals surface area contributed by atoms with E-state index in [1.165, 1.54) is 6.42 Å². The lowest BCUT2D eigenvalue weighted by Crippen LogP contribution is -2.36. The second kappa shape index (κ2) is 5.89. The van der Waals surface area contributed by atoms with Crippen LogP contribution in [0.3, 0.4) is 0 Å². The van der Waals surface area contributed by atoms with Crippen molar-refractivity contribution in [2.24, 2.45) is 17.3 Å². The van der Waals surface area contributed by atoms with Gasteiger partial charge in [0.15, 0.2) is 5.41 Å². The zero-order valence-corrected chi connectivity index (χ0v) is 11.5. The molecule has 0 amide bonds. The summed E-state index contributed by atoms with van der Waals surface area (Å²) in [5.74, 6) is 0.674. The van der Waals surface area contributed by atoms with E-state index in [4.69, 9.17) is 0 Å². The standard InChI is InChI=1S/C17H20N2/c1-14-7-5-6-10-16(14)17(12-18,13-19)11-15-8-3-2-4-9-15/h2-4,8-9,14,16H,5-7,10-11H2,1H3/t14-,16+/m0/s1. The number of hydrogen-bond donors (Lipinski definition) is 0. The zero-order chi connectivity index (χ0) is 13.7. The summed E-state index contributed by atoms with van der Waals surface area (Å²) in [7, 11) is 0. The molecule has 2 nitrogen and oxygen atoms in total. The molecule has 1 aromatic carbocycles. The second-order valence-corrected chi connectivity index (χ2v) is 5.73. The molecule has 0 saturated heterocycles. The first-order valence-corrected chi connectivity index (χ1v) is 7.08. The summed E-state index contributed by atoms with van der Waals surface area (Å²) in [5.41, 5.74) is 0.227. The van der Waals surface area contributed by atoms with Crippen molar-refractivity contribution in [3.8, 4) is 12.1 Å². The van der Waals surface area contributed by atoms with E-state index in [-0.39, 0.29) is 5.92 Å². The summed E-state index contributed by atoms with van der Waals surface area (Å²) < 4.78 is 0. The molecule has 2 rings (SSSR count). The van der Waals surface area contributed by atoms with E-state index in [9.17, 15) is 10.5 Å². The minimum Gasteiger partial charge on any atom is -0.197 e. The number of nitrogens with zero attached hydrogens (tertiary/aromatic N) is 2. The Kier molecular flexibility index (Phi) is 4.23. The summed E-state index contributed by atoms with van der Waals surface area (Å²) in [4.78, 5) is 0. The zero-order valence-electron chi connectivity index (χ0n) is 11.5. The third-order valence-corrected chi connectivity index (χ3v) is 4.47. The Morgan fingerprint density at radius 1 is 1.11 bits per heavy atom. The van der Waals surface area contributed by atoms with Gasteiger partial charge >= 0.3 is 0 Å². The molecule has 1 saturated carbocycles. The van der Waals surface area contributed by atoms with Gasteiger partial charge in [-0.2, -0.15) is 10.5 Å². The fourth-order valence-corrected chi connectivity index (χ4v) is 3.37. The Labute approximate surface area is 115 Å². The van der Waals surface area contributed by atoms with E-state index >= 15 is 0 Å². The van der Waals surface area contributed by atoms with Gasteiger partial charge in [0.25, 0.3) is 0 Å². The lowest BCUT2D eigenvalue weighted by Gasteiger charge is -2.37. The van der Waals surface area contributed by atoms with Crippen molar-refractivity contribution in [1.82, 2.24) is 0 Å². The van der Waals surface area contributed by atoms with Crippen LogP contribution in [0.4, 0.5) is 0 Å². The van der Waals surface area contributed by atoms with Crippen LogP contribution in [-0.4, -0.2) is 0 Å². The number of hydrogen-bond acceptors (Lipinski definition) is 2. The predicted octanol–water partition coefficient (Wildman–Crippen LogP) is 4.09. The summed E-state index contributed by atoms with van der Waals surface area (Å²) in [6.07, 6.45) is 5.08. The topological polar surface area (TPSA) is 47.6 Å². The van der Waals surface area contributed by atoms with E-state index in [1.807, 2.05) is 30.3 Å². The van der Waals surface area contributed by atoms with Crippen molar-refractivity contribution >= 4 is 0 Å². The van der Waals surface area contributed by atoms with Crippen molar-refractivity contribution in [3.05, 3.63) is 35.9 Å². The third-order valence-electron chi connectivity index (χ3n) is 4.47. The molecule has 1 fully saturated rings.